The van der Waals surface area contributed by atoms with Crippen LogP contribution in [0.2, 0.25) is 0 Å². The smallest absolute Gasteiger partial charge is 0.341 e. The Morgan fingerprint density at radius 2 is 2.25 bits per heavy atom. The Morgan fingerprint density at radius 1 is 1.50 bits per heavy atom. The number of rotatable bonds is 3. The van der Waals surface area contributed by atoms with Gasteiger partial charge < -0.3 is 20.7 Å². The van der Waals surface area contributed by atoms with Crippen LogP contribution in [0.1, 0.15) is 11.1 Å². The molecule has 0 radical (unpaired) electrons. The van der Waals surface area contributed by atoms with Crippen LogP contribution >= 0.6 is 0 Å². The first-order valence-electron chi connectivity index (χ1n) is 5.02. The maximum Gasteiger partial charge on any atom is 0.341 e. The van der Waals surface area contributed by atoms with E-state index in [4.69, 9.17) is 15.6 Å². The van der Waals surface area contributed by atoms with Crippen LogP contribution in [0.25, 0.3) is 0 Å². The summed E-state index contributed by atoms with van der Waals surface area (Å²) in [6, 6.07) is 3.42. The number of fused-ring (bicyclic) bond motifs is 1. The van der Waals surface area contributed by atoms with Gasteiger partial charge in [-0.3, -0.25) is 0 Å². The quantitative estimate of drug-likeness (QED) is 0.684. The van der Waals surface area contributed by atoms with Gasteiger partial charge in [0.1, 0.15) is 0 Å². The molecule has 0 spiro atoms. The molecule has 0 saturated heterocycles. The third-order valence-corrected chi connectivity index (χ3v) is 2.64. The molecule has 0 heterocycles. The first kappa shape index (κ1) is 10.8. The zero-order chi connectivity index (χ0) is 11.7. The molecule has 0 aliphatic heterocycles. The summed E-state index contributed by atoms with van der Waals surface area (Å²) in [5.74, 6) is -0.849. The number of ether oxygens (including phenoxy) is 1. The van der Waals surface area contributed by atoms with Crippen molar-refractivity contribution in [1.29, 1.82) is 0 Å². The van der Waals surface area contributed by atoms with Gasteiger partial charge >= 0.3 is 5.97 Å². The second-order valence-electron chi connectivity index (χ2n) is 3.90. The fraction of sp³-hybridized carbons (Fsp3) is 0.364. The molecule has 1 atom stereocenters. The van der Waals surface area contributed by atoms with E-state index in [0.29, 0.717) is 6.42 Å². The van der Waals surface area contributed by atoms with E-state index in [1.165, 1.54) is 0 Å². The zero-order valence-electron chi connectivity index (χ0n) is 8.64. The summed E-state index contributed by atoms with van der Waals surface area (Å²) in [4.78, 5) is 10.3. The molecule has 1 unspecified atom stereocenters. The van der Waals surface area contributed by atoms with Crippen LogP contribution in [0.5, 0.6) is 11.5 Å². The van der Waals surface area contributed by atoms with Gasteiger partial charge in [-0.05, 0) is 24.5 Å². The van der Waals surface area contributed by atoms with E-state index in [-0.39, 0.29) is 17.5 Å². The lowest BCUT2D eigenvalue weighted by Crippen LogP contribution is -2.19. The molecule has 86 valence electrons. The minimum atomic E-state index is -1.07. The number of hydrogen-bond acceptors (Lipinski definition) is 4. The topological polar surface area (TPSA) is 92.8 Å². The van der Waals surface area contributed by atoms with Gasteiger partial charge in [-0.2, -0.15) is 0 Å². The molecule has 0 saturated carbocycles. The molecule has 2 rings (SSSR count). The Balaban J connectivity index is 2.23. The average molecular weight is 223 g/mol. The van der Waals surface area contributed by atoms with Crippen molar-refractivity contribution in [1.82, 2.24) is 0 Å². The first-order chi connectivity index (χ1) is 7.58. The van der Waals surface area contributed by atoms with E-state index in [1.54, 1.807) is 6.07 Å². The van der Waals surface area contributed by atoms with Crippen LogP contribution in [0.4, 0.5) is 0 Å². The molecule has 5 heteroatoms. The fourth-order valence-electron chi connectivity index (χ4n) is 1.95. The standard InChI is InChI=1S/C11H13NO4/c12-7-3-6-1-2-9(16-5-10(13)14)11(15)8(6)4-7/h1-2,7,15H,3-5,12H2,(H,13,14). The van der Waals surface area contributed by atoms with Crippen molar-refractivity contribution >= 4 is 5.97 Å². The maximum atomic E-state index is 10.3. The molecular weight excluding hydrogens is 210 g/mol. The van der Waals surface area contributed by atoms with E-state index < -0.39 is 12.6 Å². The third-order valence-electron chi connectivity index (χ3n) is 2.64. The third kappa shape index (κ3) is 1.94. The van der Waals surface area contributed by atoms with Crippen molar-refractivity contribution < 1.29 is 19.7 Å². The highest BCUT2D eigenvalue weighted by molar-refractivity contribution is 5.68. The number of carboxylic acid groups (broad SMARTS) is 1. The van der Waals surface area contributed by atoms with Crippen molar-refractivity contribution in [2.75, 3.05) is 6.61 Å². The molecule has 1 aromatic rings. The van der Waals surface area contributed by atoms with E-state index in [1.807, 2.05) is 6.07 Å². The number of aromatic hydroxyl groups is 1. The van der Waals surface area contributed by atoms with E-state index >= 15 is 0 Å². The number of aliphatic carboxylic acids is 1. The summed E-state index contributed by atoms with van der Waals surface area (Å²) in [5.41, 5.74) is 7.56. The van der Waals surface area contributed by atoms with Gasteiger partial charge in [-0.15, -0.1) is 0 Å². The van der Waals surface area contributed by atoms with Crippen LogP contribution < -0.4 is 10.5 Å². The zero-order valence-corrected chi connectivity index (χ0v) is 8.64. The molecule has 1 aliphatic carbocycles. The molecule has 1 aromatic carbocycles. The summed E-state index contributed by atoms with van der Waals surface area (Å²) in [6.07, 6.45) is 1.34. The molecule has 0 bridgehead atoms. The predicted octanol–water partition coefficient (Wildman–Crippen LogP) is 0.282. The first-order valence-corrected chi connectivity index (χ1v) is 5.02. The van der Waals surface area contributed by atoms with Crippen molar-refractivity contribution in [2.24, 2.45) is 5.73 Å². The minimum Gasteiger partial charge on any atom is -0.504 e. The van der Waals surface area contributed by atoms with Gasteiger partial charge in [-0.25, -0.2) is 4.79 Å². The molecule has 1 aliphatic rings. The number of phenolic OH excluding ortho intramolecular Hbond substituents is 1. The van der Waals surface area contributed by atoms with Crippen molar-refractivity contribution in [3.8, 4) is 11.5 Å². The molecule has 16 heavy (non-hydrogen) atoms. The van der Waals surface area contributed by atoms with Crippen molar-refractivity contribution in [3.63, 3.8) is 0 Å². The van der Waals surface area contributed by atoms with Crippen LogP contribution in [-0.4, -0.2) is 28.8 Å². The Kier molecular flexibility index (Phi) is 2.70. The van der Waals surface area contributed by atoms with E-state index in [9.17, 15) is 9.90 Å². The monoisotopic (exact) mass is 223 g/mol. The highest BCUT2D eigenvalue weighted by Gasteiger charge is 2.23. The largest absolute Gasteiger partial charge is 0.504 e. The molecule has 0 amide bonds. The van der Waals surface area contributed by atoms with E-state index in [2.05, 4.69) is 0 Å². The molecule has 5 nitrogen and oxygen atoms in total. The van der Waals surface area contributed by atoms with Crippen molar-refractivity contribution in [3.05, 3.63) is 23.3 Å². The fourth-order valence-corrected chi connectivity index (χ4v) is 1.95. The summed E-state index contributed by atoms with van der Waals surface area (Å²) in [7, 11) is 0. The van der Waals surface area contributed by atoms with Gasteiger partial charge in [0.15, 0.2) is 18.1 Å². The highest BCUT2D eigenvalue weighted by atomic mass is 16.5. The Hall–Kier alpha value is -1.75. The molecule has 4 N–H and O–H groups in total. The minimum absolute atomic E-state index is 0.0201. The van der Waals surface area contributed by atoms with Gasteiger partial charge in [0.25, 0.3) is 0 Å². The van der Waals surface area contributed by atoms with E-state index in [0.717, 1.165) is 17.5 Å². The number of carbonyl (C=O) groups is 1. The number of nitrogens with two attached hydrogens (primary N) is 1. The lowest BCUT2D eigenvalue weighted by atomic mass is 10.1. The number of benzene rings is 1. The second-order valence-corrected chi connectivity index (χ2v) is 3.90. The second kappa shape index (κ2) is 4.02. The number of carboxylic acids is 1. The van der Waals surface area contributed by atoms with Gasteiger partial charge in [-0.1, -0.05) is 6.07 Å². The van der Waals surface area contributed by atoms with Crippen LogP contribution in [-0.2, 0) is 17.6 Å². The lowest BCUT2D eigenvalue weighted by Gasteiger charge is -2.09. The molecular formula is C11H13NO4. The Morgan fingerprint density at radius 3 is 2.94 bits per heavy atom. The summed E-state index contributed by atoms with van der Waals surface area (Å²) >= 11 is 0. The lowest BCUT2D eigenvalue weighted by molar-refractivity contribution is -0.139. The SMILES string of the molecule is NC1Cc2ccc(OCC(=O)O)c(O)c2C1. The Bertz CT molecular complexity index is 430. The summed E-state index contributed by atoms with van der Waals surface area (Å²) < 4.78 is 4.97. The molecule has 0 fully saturated rings. The van der Waals surface area contributed by atoms with Crippen LogP contribution in [0.3, 0.4) is 0 Å². The molecule has 0 aromatic heterocycles. The van der Waals surface area contributed by atoms with Crippen LogP contribution in [0.15, 0.2) is 12.1 Å². The Labute approximate surface area is 92.5 Å². The summed E-state index contributed by atoms with van der Waals surface area (Å²) in [5, 5.41) is 18.3. The summed E-state index contributed by atoms with van der Waals surface area (Å²) in [6.45, 7) is -0.460. The van der Waals surface area contributed by atoms with Crippen molar-refractivity contribution in [2.45, 2.75) is 18.9 Å². The van der Waals surface area contributed by atoms with Gasteiger partial charge in [0, 0.05) is 11.6 Å². The maximum absolute atomic E-state index is 10.3. The predicted molar refractivity (Wildman–Crippen MR) is 56.6 cm³/mol. The number of phenols is 1. The normalized spacial score (nSPS) is 18.2. The van der Waals surface area contributed by atoms with Gasteiger partial charge in [0.05, 0.1) is 0 Å². The highest BCUT2D eigenvalue weighted by Crippen LogP contribution is 2.36. The number of hydrogen-bond donors (Lipinski definition) is 3. The average Bonchev–Trinajstić information content (AvgIpc) is 2.58. The van der Waals surface area contributed by atoms with Gasteiger partial charge in [0.2, 0.25) is 0 Å². The van der Waals surface area contributed by atoms with Crippen LogP contribution in [0, 0.1) is 0 Å².